The predicted octanol–water partition coefficient (Wildman–Crippen LogP) is 4.97. The molecule has 0 spiro atoms. The van der Waals surface area contributed by atoms with Crippen LogP contribution in [0.1, 0.15) is 21.9 Å². The predicted molar refractivity (Wildman–Crippen MR) is 113 cm³/mol. The van der Waals surface area contributed by atoms with Crippen molar-refractivity contribution in [3.63, 3.8) is 0 Å². The van der Waals surface area contributed by atoms with Crippen LogP contribution in [0.25, 0.3) is 0 Å². The number of furan rings is 1. The molecule has 0 fully saturated rings. The number of aryl methyl sites for hydroxylation is 1. The van der Waals surface area contributed by atoms with E-state index in [9.17, 15) is 13.2 Å². The Hall–Kier alpha value is -2.48. The molecule has 1 amide bonds. The molecule has 0 saturated heterocycles. The average Bonchev–Trinajstić information content (AvgIpc) is 3.07. The summed E-state index contributed by atoms with van der Waals surface area (Å²) >= 11 is 11.9. The van der Waals surface area contributed by atoms with Crippen LogP contribution in [-0.4, -0.2) is 26.3 Å². The second kappa shape index (κ2) is 8.49. The number of carbonyl (C=O) groups is 1. The molecule has 0 aliphatic rings. The van der Waals surface area contributed by atoms with Gasteiger partial charge in [-0.3, -0.25) is 9.52 Å². The Morgan fingerprint density at radius 3 is 2.38 bits per heavy atom. The highest BCUT2D eigenvalue weighted by Gasteiger charge is 2.22. The average molecular weight is 453 g/mol. The van der Waals surface area contributed by atoms with Crippen LogP contribution in [0.15, 0.2) is 63.9 Å². The molecule has 1 aromatic heterocycles. The number of hydrogen-bond acceptors (Lipinski definition) is 4. The summed E-state index contributed by atoms with van der Waals surface area (Å²) < 4.78 is 33.5. The zero-order chi connectivity index (χ0) is 21.2. The van der Waals surface area contributed by atoms with Crippen molar-refractivity contribution in [2.24, 2.45) is 0 Å². The molecule has 1 N–H and O–H groups in total. The van der Waals surface area contributed by atoms with E-state index >= 15 is 0 Å². The molecule has 2 aromatic carbocycles. The maximum absolute atomic E-state index is 12.8. The second-order valence-electron chi connectivity index (χ2n) is 6.43. The van der Waals surface area contributed by atoms with Gasteiger partial charge in [0.2, 0.25) is 0 Å². The lowest BCUT2D eigenvalue weighted by Gasteiger charge is -2.17. The van der Waals surface area contributed by atoms with E-state index in [0.29, 0.717) is 16.5 Å². The molecular formula is C20H18Cl2N2O4S. The van der Waals surface area contributed by atoms with Crippen LogP contribution in [-0.2, 0) is 16.6 Å². The third-order valence-corrected chi connectivity index (χ3v) is 6.21. The van der Waals surface area contributed by atoms with Crippen molar-refractivity contribution < 1.29 is 17.6 Å². The molecule has 6 nitrogen and oxygen atoms in total. The zero-order valence-electron chi connectivity index (χ0n) is 15.6. The second-order valence-corrected chi connectivity index (χ2v) is 8.93. The first-order chi connectivity index (χ1) is 13.7. The van der Waals surface area contributed by atoms with E-state index in [4.69, 9.17) is 27.6 Å². The van der Waals surface area contributed by atoms with Gasteiger partial charge in [-0.1, -0.05) is 23.2 Å². The van der Waals surface area contributed by atoms with E-state index in [1.165, 1.54) is 35.2 Å². The van der Waals surface area contributed by atoms with Crippen LogP contribution >= 0.6 is 23.2 Å². The van der Waals surface area contributed by atoms with Crippen molar-refractivity contribution in [3.05, 3.63) is 81.7 Å². The molecule has 1 heterocycles. The number of anilines is 1. The zero-order valence-corrected chi connectivity index (χ0v) is 18.0. The molecule has 9 heteroatoms. The lowest BCUT2D eigenvalue weighted by atomic mass is 10.2. The monoisotopic (exact) mass is 452 g/mol. The Kier molecular flexibility index (Phi) is 6.21. The Bertz CT molecular complexity index is 1140. The van der Waals surface area contributed by atoms with E-state index in [1.54, 1.807) is 25.2 Å². The van der Waals surface area contributed by atoms with Crippen LogP contribution in [0.4, 0.5) is 5.69 Å². The topological polar surface area (TPSA) is 79.6 Å². The molecule has 152 valence electrons. The normalized spacial score (nSPS) is 11.3. The smallest absolute Gasteiger partial charge is 0.263 e. The number of nitrogens with one attached hydrogen (secondary N) is 1. The van der Waals surface area contributed by atoms with Crippen LogP contribution in [0.5, 0.6) is 0 Å². The standard InChI is InChI=1S/C20H18Cl2N2O4S/c1-13-3-9-17(28-13)12-24(2)20(25)14-4-10-18(22)19(11-14)29(26,27)23-16-7-5-15(21)6-8-16/h3-11,23H,12H2,1-2H3. The maximum atomic E-state index is 12.8. The van der Waals surface area contributed by atoms with Crippen LogP contribution in [0, 0.1) is 6.92 Å². The van der Waals surface area contributed by atoms with Crippen LogP contribution in [0.3, 0.4) is 0 Å². The van der Waals surface area contributed by atoms with Crippen molar-refractivity contribution in [1.29, 1.82) is 0 Å². The van der Waals surface area contributed by atoms with Gasteiger partial charge in [0.1, 0.15) is 16.4 Å². The molecule has 29 heavy (non-hydrogen) atoms. The van der Waals surface area contributed by atoms with Crippen molar-refractivity contribution in [2.75, 3.05) is 11.8 Å². The van der Waals surface area contributed by atoms with Gasteiger partial charge in [-0.05, 0) is 61.5 Å². The van der Waals surface area contributed by atoms with Crippen molar-refractivity contribution in [2.45, 2.75) is 18.4 Å². The summed E-state index contributed by atoms with van der Waals surface area (Å²) in [6, 6.07) is 13.9. The Morgan fingerprint density at radius 1 is 1.07 bits per heavy atom. The lowest BCUT2D eigenvalue weighted by Crippen LogP contribution is -2.26. The van der Waals surface area contributed by atoms with Gasteiger partial charge in [-0.25, -0.2) is 8.42 Å². The number of benzene rings is 2. The Labute approximate surface area is 179 Å². The molecule has 0 unspecified atom stereocenters. The maximum Gasteiger partial charge on any atom is 0.263 e. The summed E-state index contributed by atoms with van der Waals surface area (Å²) in [5.41, 5.74) is 0.518. The molecule has 0 radical (unpaired) electrons. The van der Waals surface area contributed by atoms with Gasteiger partial charge in [0.05, 0.1) is 11.6 Å². The van der Waals surface area contributed by atoms with Gasteiger partial charge in [-0.2, -0.15) is 0 Å². The molecule has 0 bridgehead atoms. The minimum Gasteiger partial charge on any atom is -0.464 e. The van der Waals surface area contributed by atoms with Crippen LogP contribution < -0.4 is 4.72 Å². The quantitative estimate of drug-likeness (QED) is 0.572. The highest BCUT2D eigenvalue weighted by molar-refractivity contribution is 7.92. The van der Waals surface area contributed by atoms with Gasteiger partial charge in [0, 0.05) is 23.3 Å². The van der Waals surface area contributed by atoms with Crippen molar-refractivity contribution in [1.82, 2.24) is 4.90 Å². The Morgan fingerprint density at radius 2 is 1.76 bits per heavy atom. The first kappa shape index (κ1) is 21.2. The fourth-order valence-corrected chi connectivity index (χ4v) is 4.38. The van der Waals surface area contributed by atoms with E-state index in [1.807, 2.05) is 13.0 Å². The molecule has 3 aromatic rings. The third-order valence-electron chi connectivity index (χ3n) is 4.10. The van der Waals surface area contributed by atoms with E-state index < -0.39 is 10.0 Å². The third kappa shape index (κ3) is 5.12. The molecule has 0 aliphatic carbocycles. The van der Waals surface area contributed by atoms with Crippen LogP contribution in [0.2, 0.25) is 10.0 Å². The molecule has 0 atom stereocenters. The van der Waals surface area contributed by atoms with Gasteiger partial charge in [-0.15, -0.1) is 0 Å². The minimum atomic E-state index is -4.01. The summed E-state index contributed by atoms with van der Waals surface area (Å²) in [4.78, 5) is 14.0. The summed E-state index contributed by atoms with van der Waals surface area (Å²) in [5, 5.41) is 0.487. The highest BCUT2D eigenvalue weighted by Crippen LogP contribution is 2.26. The highest BCUT2D eigenvalue weighted by atomic mass is 35.5. The first-order valence-corrected chi connectivity index (χ1v) is 10.8. The van der Waals surface area contributed by atoms with Gasteiger partial charge in [0.15, 0.2) is 0 Å². The van der Waals surface area contributed by atoms with Gasteiger partial charge in [0.25, 0.3) is 15.9 Å². The summed E-state index contributed by atoms with van der Waals surface area (Å²) in [7, 11) is -2.40. The Balaban J connectivity index is 1.84. The first-order valence-electron chi connectivity index (χ1n) is 8.54. The van der Waals surface area contributed by atoms with E-state index in [-0.39, 0.29) is 27.9 Å². The number of rotatable bonds is 6. The number of carbonyl (C=O) groups excluding carboxylic acids is 1. The van der Waals surface area contributed by atoms with Crippen molar-refractivity contribution in [3.8, 4) is 0 Å². The van der Waals surface area contributed by atoms with E-state index in [0.717, 1.165) is 5.76 Å². The molecular weight excluding hydrogens is 435 g/mol. The molecule has 0 saturated carbocycles. The number of sulfonamides is 1. The number of nitrogens with zero attached hydrogens (tertiary/aromatic N) is 1. The van der Waals surface area contributed by atoms with Crippen molar-refractivity contribution >= 4 is 44.8 Å². The summed E-state index contributed by atoms with van der Waals surface area (Å²) in [6.07, 6.45) is 0. The summed E-state index contributed by atoms with van der Waals surface area (Å²) in [5.74, 6) is 1.01. The molecule has 0 aliphatic heterocycles. The van der Waals surface area contributed by atoms with E-state index in [2.05, 4.69) is 4.72 Å². The number of halogens is 2. The van der Waals surface area contributed by atoms with Gasteiger partial charge < -0.3 is 9.32 Å². The largest absolute Gasteiger partial charge is 0.464 e. The number of amides is 1. The minimum absolute atomic E-state index is 0.00678. The fourth-order valence-electron chi connectivity index (χ4n) is 2.67. The SMILES string of the molecule is Cc1ccc(CN(C)C(=O)c2ccc(Cl)c(S(=O)(=O)Nc3ccc(Cl)cc3)c2)o1. The lowest BCUT2D eigenvalue weighted by molar-refractivity contribution is 0.0774. The summed E-state index contributed by atoms with van der Waals surface area (Å²) in [6.45, 7) is 2.07. The number of hydrogen-bond donors (Lipinski definition) is 1. The van der Waals surface area contributed by atoms with Gasteiger partial charge >= 0.3 is 0 Å². The molecule has 3 rings (SSSR count). The fraction of sp³-hybridized carbons (Fsp3) is 0.150.